The van der Waals surface area contributed by atoms with Crippen LogP contribution in [0.25, 0.3) is 0 Å². The fraction of sp³-hybridized carbons (Fsp3) is 0.914. The fourth-order valence-electron chi connectivity index (χ4n) is 12.0. The lowest BCUT2D eigenvalue weighted by Crippen LogP contribution is -2.67. The van der Waals surface area contributed by atoms with Crippen LogP contribution in [0.1, 0.15) is 113 Å². The number of aliphatic hydroxyl groups is 4. The number of ketones is 1. The normalized spacial score (nSPS) is 53.2. The number of rotatable bonds is 2. The molecule has 0 bridgehead atoms. The second-order valence-corrected chi connectivity index (χ2v) is 17.4. The topological polar surface area (TPSA) is 107 Å². The van der Waals surface area contributed by atoms with Crippen molar-refractivity contribution in [1.29, 1.82) is 0 Å². The maximum atomic E-state index is 13.1. The molecule has 0 radical (unpaired) electrons. The van der Waals surface area contributed by atoms with Gasteiger partial charge in [-0.15, -0.1) is 0 Å². The van der Waals surface area contributed by atoms with Crippen LogP contribution in [0.15, 0.2) is 11.6 Å². The highest BCUT2D eigenvalue weighted by Gasteiger charge is 2.69. The summed E-state index contributed by atoms with van der Waals surface area (Å²) in [6.07, 6.45) is 6.57. The molecule has 6 heteroatoms. The largest absolute Gasteiger partial charge is 0.390 e. The minimum atomic E-state index is -1.32. The van der Waals surface area contributed by atoms with Crippen molar-refractivity contribution in [2.75, 3.05) is 6.61 Å². The number of carbonyl (C=O) groups excluding carboxylic acids is 1. The molecule has 41 heavy (non-hydrogen) atoms. The van der Waals surface area contributed by atoms with Crippen LogP contribution in [0.2, 0.25) is 0 Å². The SMILES string of the molecule is CC1(C)CC[C@]2(C(O)[C@@H]3OC[C@@H](O)C(O)C3O)CC[C@]3(C)C(=CCC4[C@@]5(C)CCC(=O)C(C)(C)C5CC[C@]43C)C2C1. The van der Waals surface area contributed by atoms with E-state index in [9.17, 15) is 25.2 Å². The lowest BCUT2D eigenvalue weighted by Gasteiger charge is -2.71. The summed E-state index contributed by atoms with van der Waals surface area (Å²) in [5.74, 6) is 1.54. The summed E-state index contributed by atoms with van der Waals surface area (Å²) in [6.45, 7) is 16.6. The van der Waals surface area contributed by atoms with Crippen molar-refractivity contribution in [3.05, 3.63) is 11.6 Å². The Morgan fingerprint density at radius 1 is 0.878 bits per heavy atom. The van der Waals surface area contributed by atoms with Gasteiger partial charge in [-0.2, -0.15) is 0 Å². The van der Waals surface area contributed by atoms with Crippen molar-refractivity contribution < 1.29 is 30.0 Å². The molecule has 0 amide bonds. The summed E-state index contributed by atoms with van der Waals surface area (Å²) in [5.41, 5.74) is 1.19. The highest BCUT2D eigenvalue weighted by molar-refractivity contribution is 5.85. The molecule has 0 aromatic heterocycles. The van der Waals surface area contributed by atoms with Crippen LogP contribution in [0.4, 0.5) is 0 Å². The molecule has 0 aromatic rings. The zero-order chi connectivity index (χ0) is 30.0. The second-order valence-electron chi connectivity index (χ2n) is 17.4. The Bertz CT molecular complexity index is 1110. The Morgan fingerprint density at radius 3 is 2.27 bits per heavy atom. The monoisotopic (exact) mass is 572 g/mol. The Hall–Kier alpha value is -0.790. The molecule has 6 nitrogen and oxygen atoms in total. The lowest BCUT2D eigenvalue weighted by molar-refractivity contribution is -0.245. The maximum Gasteiger partial charge on any atom is 0.138 e. The predicted octanol–water partition coefficient (Wildman–Crippen LogP) is 5.20. The van der Waals surface area contributed by atoms with Crippen LogP contribution in [-0.4, -0.2) is 63.3 Å². The summed E-state index contributed by atoms with van der Waals surface area (Å²) in [6, 6.07) is 0. The van der Waals surface area contributed by atoms with Crippen LogP contribution in [0, 0.1) is 50.2 Å². The van der Waals surface area contributed by atoms with Gasteiger partial charge in [0.15, 0.2) is 0 Å². The maximum absolute atomic E-state index is 13.1. The third-order valence-electron chi connectivity index (χ3n) is 14.9. The first-order valence-electron chi connectivity index (χ1n) is 16.5. The van der Waals surface area contributed by atoms with E-state index >= 15 is 0 Å². The number of allylic oxidation sites excluding steroid dienone is 2. The number of hydrogen-bond acceptors (Lipinski definition) is 6. The zero-order valence-corrected chi connectivity index (χ0v) is 26.6. The number of ether oxygens (including phenoxy) is 1. The van der Waals surface area contributed by atoms with Gasteiger partial charge in [0.1, 0.15) is 30.2 Å². The standard InChI is InChI=1S/C35H56O6/c1-30(2)14-16-35(29(40)28-27(39)26(38)22(36)19-41-28)17-15-33(6)20(21(35)18-30)8-9-24-32(5)12-11-25(37)31(3,4)23(32)10-13-34(24,33)7/h8,21-24,26-29,36,38-40H,9-19H2,1-7H3/t21?,22-,23?,24?,26?,27?,28-,29?,32+,33-,34-,35+/m1/s1. The fourth-order valence-corrected chi connectivity index (χ4v) is 12.0. The van der Waals surface area contributed by atoms with Gasteiger partial charge in [0.25, 0.3) is 0 Å². The van der Waals surface area contributed by atoms with E-state index in [0.29, 0.717) is 24.0 Å². The van der Waals surface area contributed by atoms with Gasteiger partial charge in [-0.1, -0.05) is 60.1 Å². The Labute approximate surface area is 247 Å². The molecule has 6 aliphatic rings. The molecular formula is C35H56O6. The molecule has 5 fully saturated rings. The minimum Gasteiger partial charge on any atom is -0.390 e. The van der Waals surface area contributed by atoms with Gasteiger partial charge in [0.05, 0.1) is 12.7 Å². The van der Waals surface area contributed by atoms with Gasteiger partial charge in [-0.3, -0.25) is 4.79 Å². The predicted molar refractivity (Wildman–Crippen MR) is 158 cm³/mol. The molecule has 4 N–H and O–H groups in total. The van der Waals surface area contributed by atoms with Gasteiger partial charge < -0.3 is 25.2 Å². The average molecular weight is 573 g/mol. The minimum absolute atomic E-state index is 0.00144. The van der Waals surface area contributed by atoms with Gasteiger partial charge in [0.2, 0.25) is 0 Å². The lowest BCUT2D eigenvalue weighted by atomic mass is 9.33. The summed E-state index contributed by atoms with van der Waals surface area (Å²) >= 11 is 0. The molecule has 6 unspecified atom stereocenters. The van der Waals surface area contributed by atoms with E-state index in [4.69, 9.17) is 4.74 Å². The van der Waals surface area contributed by atoms with E-state index in [2.05, 4.69) is 54.5 Å². The Balaban J connectivity index is 1.40. The van der Waals surface area contributed by atoms with Crippen LogP contribution < -0.4 is 0 Å². The van der Waals surface area contributed by atoms with Crippen molar-refractivity contribution in [1.82, 2.24) is 0 Å². The van der Waals surface area contributed by atoms with Crippen LogP contribution in [0.3, 0.4) is 0 Å². The molecule has 232 valence electrons. The van der Waals surface area contributed by atoms with Crippen LogP contribution in [0.5, 0.6) is 0 Å². The van der Waals surface area contributed by atoms with E-state index < -0.39 is 35.9 Å². The number of Topliss-reactive ketones (excluding diaryl/α,β-unsaturated/α-hetero) is 1. The zero-order valence-electron chi connectivity index (χ0n) is 26.6. The molecule has 1 aliphatic heterocycles. The van der Waals surface area contributed by atoms with E-state index in [0.717, 1.165) is 57.8 Å². The van der Waals surface area contributed by atoms with E-state index in [-0.39, 0.29) is 39.6 Å². The third kappa shape index (κ3) is 3.95. The summed E-state index contributed by atoms with van der Waals surface area (Å²) in [5, 5.41) is 43.7. The van der Waals surface area contributed by atoms with Crippen molar-refractivity contribution in [3.8, 4) is 0 Å². The highest BCUT2D eigenvalue weighted by Crippen LogP contribution is 2.76. The first-order valence-corrected chi connectivity index (χ1v) is 16.5. The van der Waals surface area contributed by atoms with Gasteiger partial charge in [-0.25, -0.2) is 0 Å². The summed E-state index contributed by atoms with van der Waals surface area (Å²) < 4.78 is 5.89. The Morgan fingerprint density at radius 2 is 1.56 bits per heavy atom. The van der Waals surface area contributed by atoms with Gasteiger partial charge >= 0.3 is 0 Å². The quantitative estimate of drug-likeness (QED) is 0.339. The molecule has 1 heterocycles. The van der Waals surface area contributed by atoms with E-state index in [1.54, 1.807) is 0 Å². The summed E-state index contributed by atoms with van der Waals surface area (Å²) in [7, 11) is 0. The van der Waals surface area contributed by atoms with E-state index in [1.165, 1.54) is 5.57 Å². The van der Waals surface area contributed by atoms with Crippen LogP contribution >= 0.6 is 0 Å². The Kier molecular flexibility index (Phi) is 6.90. The number of carbonyl (C=O) groups is 1. The molecule has 12 atom stereocenters. The van der Waals surface area contributed by atoms with Crippen LogP contribution in [-0.2, 0) is 9.53 Å². The van der Waals surface area contributed by atoms with Gasteiger partial charge in [-0.05, 0) is 97.2 Å². The molecule has 5 aliphatic carbocycles. The molecule has 4 saturated carbocycles. The van der Waals surface area contributed by atoms with Crippen molar-refractivity contribution in [2.45, 2.75) is 143 Å². The molecule has 0 spiro atoms. The van der Waals surface area contributed by atoms with Gasteiger partial charge in [0, 0.05) is 17.3 Å². The molecule has 6 rings (SSSR count). The molecular weight excluding hydrogens is 516 g/mol. The highest BCUT2D eigenvalue weighted by atomic mass is 16.5. The second kappa shape index (κ2) is 9.36. The number of aliphatic hydroxyl groups excluding tert-OH is 4. The van der Waals surface area contributed by atoms with Crippen molar-refractivity contribution >= 4 is 5.78 Å². The first-order chi connectivity index (χ1) is 18.9. The number of hydrogen-bond donors (Lipinski definition) is 4. The molecule has 0 aromatic carbocycles. The first kappa shape index (κ1) is 30.2. The average Bonchev–Trinajstić information content (AvgIpc) is 2.89. The van der Waals surface area contributed by atoms with Crippen molar-refractivity contribution in [2.24, 2.45) is 50.2 Å². The molecule has 1 saturated heterocycles. The number of fused-ring (bicyclic) bond motifs is 7. The van der Waals surface area contributed by atoms with Crippen molar-refractivity contribution in [3.63, 3.8) is 0 Å². The van der Waals surface area contributed by atoms with E-state index in [1.807, 2.05) is 0 Å². The summed E-state index contributed by atoms with van der Waals surface area (Å²) in [4.78, 5) is 13.1. The smallest absolute Gasteiger partial charge is 0.138 e. The third-order valence-corrected chi connectivity index (χ3v) is 14.9.